The highest BCUT2D eigenvalue weighted by Crippen LogP contribution is 2.22. The van der Waals surface area contributed by atoms with Gasteiger partial charge in [0.25, 0.3) is 0 Å². The Bertz CT molecular complexity index is 441. The minimum Gasteiger partial charge on any atom is -0.479 e. The third-order valence-corrected chi connectivity index (χ3v) is 2.56. The number of oxime groups is 1. The predicted molar refractivity (Wildman–Crippen MR) is 70.9 cm³/mol. The highest BCUT2D eigenvalue weighted by atomic mass is 16.6. The van der Waals surface area contributed by atoms with E-state index in [0.717, 1.165) is 5.56 Å². The van der Waals surface area contributed by atoms with Crippen molar-refractivity contribution in [2.75, 3.05) is 6.61 Å². The van der Waals surface area contributed by atoms with Crippen molar-refractivity contribution in [3.63, 3.8) is 0 Å². The number of hydrogen-bond acceptors (Lipinski definition) is 3. The lowest BCUT2D eigenvalue weighted by Gasteiger charge is -2.19. The SMILES string of the molecule is C/C(=N\OCC(=O)O)c1ccc(C(C)(C)C)cc1. The van der Waals surface area contributed by atoms with Crippen LogP contribution < -0.4 is 0 Å². The van der Waals surface area contributed by atoms with Gasteiger partial charge in [-0.25, -0.2) is 4.79 Å². The van der Waals surface area contributed by atoms with Crippen molar-refractivity contribution in [3.05, 3.63) is 35.4 Å². The third-order valence-electron chi connectivity index (χ3n) is 2.56. The van der Waals surface area contributed by atoms with Crippen molar-refractivity contribution >= 4 is 11.7 Å². The molecule has 98 valence electrons. The number of nitrogens with zero attached hydrogens (tertiary/aromatic N) is 1. The number of rotatable bonds is 4. The van der Waals surface area contributed by atoms with Crippen molar-refractivity contribution in [2.24, 2.45) is 5.16 Å². The normalized spacial score (nSPS) is 12.3. The highest BCUT2D eigenvalue weighted by molar-refractivity contribution is 5.98. The third kappa shape index (κ3) is 4.20. The molecule has 0 atom stereocenters. The number of carboxylic acids is 1. The van der Waals surface area contributed by atoms with Gasteiger partial charge >= 0.3 is 5.97 Å². The Kier molecular flexibility index (Phi) is 4.48. The molecule has 0 amide bonds. The van der Waals surface area contributed by atoms with Gasteiger partial charge in [0.05, 0.1) is 5.71 Å². The van der Waals surface area contributed by atoms with Crippen LogP contribution in [0.3, 0.4) is 0 Å². The van der Waals surface area contributed by atoms with Crippen LogP contribution in [0, 0.1) is 0 Å². The highest BCUT2D eigenvalue weighted by Gasteiger charge is 2.13. The first-order valence-corrected chi connectivity index (χ1v) is 5.80. The standard InChI is InChI=1S/C14H19NO3/c1-10(15-18-9-13(16)17)11-5-7-12(8-6-11)14(2,3)4/h5-8H,9H2,1-4H3,(H,16,17)/b15-10+. The maximum Gasteiger partial charge on any atom is 0.344 e. The van der Waals surface area contributed by atoms with Crippen molar-refractivity contribution in [1.82, 2.24) is 0 Å². The fourth-order valence-corrected chi connectivity index (χ4v) is 1.45. The van der Waals surface area contributed by atoms with E-state index in [1.165, 1.54) is 5.56 Å². The zero-order valence-electron chi connectivity index (χ0n) is 11.2. The fraction of sp³-hybridized carbons (Fsp3) is 0.429. The summed E-state index contributed by atoms with van der Waals surface area (Å²) >= 11 is 0. The van der Waals surface area contributed by atoms with E-state index in [1.54, 1.807) is 6.92 Å². The van der Waals surface area contributed by atoms with Gasteiger partial charge in [-0.05, 0) is 23.5 Å². The van der Waals surface area contributed by atoms with Crippen LogP contribution in [0.15, 0.2) is 29.4 Å². The molecule has 0 aliphatic heterocycles. The van der Waals surface area contributed by atoms with Gasteiger partial charge in [-0.3, -0.25) is 0 Å². The average Bonchev–Trinajstić information content (AvgIpc) is 2.27. The first kappa shape index (κ1) is 14.2. The molecule has 0 aromatic heterocycles. The molecular weight excluding hydrogens is 230 g/mol. The molecule has 1 aromatic rings. The minimum absolute atomic E-state index is 0.114. The molecule has 0 saturated carbocycles. The van der Waals surface area contributed by atoms with E-state index < -0.39 is 12.6 Å². The Balaban J connectivity index is 2.76. The molecule has 0 unspecified atom stereocenters. The molecule has 0 spiro atoms. The average molecular weight is 249 g/mol. The summed E-state index contributed by atoms with van der Waals surface area (Å²) in [5, 5.41) is 12.2. The van der Waals surface area contributed by atoms with E-state index in [4.69, 9.17) is 9.94 Å². The summed E-state index contributed by atoms with van der Waals surface area (Å²) in [6.07, 6.45) is 0. The van der Waals surface area contributed by atoms with Crippen LogP contribution in [0.25, 0.3) is 0 Å². The zero-order chi connectivity index (χ0) is 13.8. The van der Waals surface area contributed by atoms with Gasteiger partial charge in [0.1, 0.15) is 0 Å². The van der Waals surface area contributed by atoms with Crippen molar-refractivity contribution in [2.45, 2.75) is 33.1 Å². The lowest BCUT2D eigenvalue weighted by Crippen LogP contribution is -2.11. The summed E-state index contributed by atoms with van der Waals surface area (Å²) in [4.78, 5) is 15.0. The molecule has 0 fully saturated rings. The molecule has 0 saturated heterocycles. The van der Waals surface area contributed by atoms with Gasteiger partial charge in [-0.1, -0.05) is 50.2 Å². The number of benzene rings is 1. The maximum absolute atomic E-state index is 10.3. The van der Waals surface area contributed by atoms with Gasteiger partial charge in [0.15, 0.2) is 0 Å². The van der Waals surface area contributed by atoms with E-state index in [9.17, 15) is 4.79 Å². The Labute approximate surface area is 107 Å². The number of aliphatic carboxylic acids is 1. The van der Waals surface area contributed by atoms with E-state index in [-0.39, 0.29) is 5.41 Å². The molecular formula is C14H19NO3. The molecule has 0 aliphatic carbocycles. The molecule has 0 radical (unpaired) electrons. The van der Waals surface area contributed by atoms with Gasteiger partial charge in [0, 0.05) is 0 Å². The fourth-order valence-electron chi connectivity index (χ4n) is 1.45. The summed E-state index contributed by atoms with van der Waals surface area (Å²) in [5.74, 6) is -1.03. The van der Waals surface area contributed by atoms with Crippen LogP contribution in [-0.4, -0.2) is 23.4 Å². The smallest absolute Gasteiger partial charge is 0.344 e. The largest absolute Gasteiger partial charge is 0.479 e. The van der Waals surface area contributed by atoms with Crippen LogP contribution in [-0.2, 0) is 15.0 Å². The number of hydrogen-bond donors (Lipinski definition) is 1. The second-order valence-electron chi connectivity index (χ2n) is 5.17. The first-order chi connectivity index (χ1) is 8.30. The topological polar surface area (TPSA) is 58.9 Å². The minimum atomic E-state index is -1.03. The number of carbonyl (C=O) groups is 1. The Morgan fingerprint density at radius 1 is 1.28 bits per heavy atom. The summed E-state index contributed by atoms with van der Waals surface area (Å²) < 4.78 is 0. The molecule has 1 N–H and O–H groups in total. The van der Waals surface area contributed by atoms with E-state index in [2.05, 4.69) is 25.9 Å². The zero-order valence-corrected chi connectivity index (χ0v) is 11.2. The van der Waals surface area contributed by atoms with Gasteiger partial charge in [-0.2, -0.15) is 0 Å². The van der Waals surface area contributed by atoms with Crippen molar-refractivity contribution < 1.29 is 14.7 Å². The maximum atomic E-state index is 10.3. The van der Waals surface area contributed by atoms with E-state index in [0.29, 0.717) is 5.71 Å². The molecule has 1 aromatic carbocycles. The van der Waals surface area contributed by atoms with Crippen LogP contribution in [0.1, 0.15) is 38.8 Å². The number of carboxylic acid groups (broad SMARTS) is 1. The van der Waals surface area contributed by atoms with Crippen LogP contribution >= 0.6 is 0 Å². The lowest BCUT2D eigenvalue weighted by molar-refractivity contribution is -0.142. The van der Waals surface area contributed by atoms with E-state index >= 15 is 0 Å². The molecule has 4 nitrogen and oxygen atoms in total. The molecule has 0 aliphatic rings. The summed E-state index contributed by atoms with van der Waals surface area (Å²) in [6, 6.07) is 8.02. The quantitative estimate of drug-likeness (QED) is 0.659. The van der Waals surface area contributed by atoms with Crippen LogP contribution in [0.4, 0.5) is 0 Å². The monoisotopic (exact) mass is 249 g/mol. The van der Waals surface area contributed by atoms with Crippen molar-refractivity contribution in [3.8, 4) is 0 Å². The lowest BCUT2D eigenvalue weighted by atomic mass is 9.86. The molecule has 18 heavy (non-hydrogen) atoms. The molecule has 4 heteroatoms. The molecule has 1 rings (SSSR count). The van der Waals surface area contributed by atoms with Gasteiger partial charge in [-0.15, -0.1) is 0 Å². The molecule has 0 heterocycles. The van der Waals surface area contributed by atoms with Crippen LogP contribution in [0.5, 0.6) is 0 Å². The van der Waals surface area contributed by atoms with Crippen LogP contribution in [0.2, 0.25) is 0 Å². The van der Waals surface area contributed by atoms with Gasteiger partial charge in [0.2, 0.25) is 6.61 Å². The van der Waals surface area contributed by atoms with Gasteiger partial charge < -0.3 is 9.94 Å². The summed E-state index contributed by atoms with van der Waals surface area (Å²) in [6.45, 7) is 7.82. The van der Waals surface area contributed by atoms with E-state index in [1.807, 2.05) is 24.3 Å². The second-order valence-corrected chi connectivity index (χ2v) is 5.17. The Hall–Kier alpha value is -1.84. The summed E-state index contributed by atoms with van der Waals surface area (Å²) in [7, 11) is 0. The van der Waals surface area contributed by atoms with Crippen molar-refractivity contribution in [1.29, 1.82) is 0 Å². The Morgan fingerprint density at radius 3 is 2.28 bits per heavy atom. The summed E-state index contributed by atoms with van der Waals surface area (Å²) in [5.41, 5.74) is 2.94. The second kappa shape index (κ2) is 5.67. The first-order valence-electron chi connectivity index (χ1n) is 5.80. The molecule has 0 bridgehead atoms. The predicted octanol–water partition coefficient (Wildman–Crippen LogP) is 2.81. The Morgan fingerprint density at radius 2 is 1.83 bits per heavy atom.